The minimum absolute atomic E-state index is 0.168. The average molecular weight is 284 g/mol. The molecular formula is C17H20N2O2. The maximum atomic E-state index is 12.4. The topological polar surface area (TPSA) is 66.0 Å². The number of nitrogens with one attached hydrogen (secondary N) is 1. The Morgan fingerprint density at radius 2 is 2.14 bits per heavy atom. The summed E-state index contributed by atoms with van der Waals surface area (Å²) in [5, 5.41) is 10.2. The summed E-state index contributed by atoms with van der Waals surface area (Å²) in [5.74, 6) is 1.36. The lowest BCUT2D eigenvalue weighted by molar-refractivity contribution is 0.445. The maximum absolute atomic E-state index is 12.4. The minimum atomic E-state index is -0.261. The quantitative estimate of drug-likeness (QED) is 0.888. The number of aromatic amines is 1. The Balaban J connectivity index is 2.03. The van der Waals surface area contributed by atoms with Crippen molar-refractivity contribution in [3.8, 4) is 17.0 Å². The van der Waals surface area contributed by atoms with E-state index < -0.39 is 0 Å². The van der Waals surface area contributed by atoms with Crippen molar-refractivity contribution in [3.63, 3.8) is 0 Å². The minimum Gasteiger partial charge on any atom is -0.493 e. The van der Waals surface area contributed by atoms with Gasteiger partial charge in [0.1, 0.15) is 11.4 Å². The van der Waals surface area contributed by atoms with Crippen molar-refractivity contribution in [3.05, 3.63) is 46.0 Å². The Kier molecular flexibility index (Phi) is 3.53. The molecule has 21 heavy (non-hydrogen) atoms. The Bertz CT molecular complexity index is 721. The van der Waals surface area contributed by atoms with Gasteiger partial charge in [-0.15, -0.1) is 0 Å². The number of benzene rings is 1. The number of nitrogens with zero attached hydrogens (tertiary/aromatic N) is 1. The van der Waals surface area contributed by atoms with Crippen molar-refractivity contribution >= 4 is 0 Å². The van der Waals surface area contributed by atoms with E-state index in [1.165, 1.54) is 0 Å². The number of hydrogen-bond donors (Lipinski definition) is 2. The number of aromatic hydroxyl groups is 1. The molecular weight excluding hydrogens is 264 g/mol. The number of rotatable bonds is 2. The molecule has 1 aliphatic carbocycles. The monoisotopic (exact) mass is 284 g/mol. The second-order valence-corrected chi connectivity index (χ2v) is 6.13. The summed E-state index contributed by atoms with van der Waals surface area (Å²) in [6.07, 6.45) is 3.19. The van der Waals surface area contributed by atoms with Gasteiger partial charge in [0.05, 0.1) is 0 Å². The van der Waals surface area contributed by atoms with Gasteiger partial charge < -0.3 is 10.1 Å². The van der Waals surface area contributed by atoms with Crippen LogP contribution in [0.5, 0.6) is 5.88 Å². The van der Waals surface area contributed by atoms with Gasteiger partial charge in [-0.05, 0) is 37.7 Å². The van der Waals surface area contributed by atoms with Gasteiger partial charge in [0.15, 0.2) is 0 Å². The highest BCUT2D eigenvalue weighted by atomic mass is 16.3. The molecule has 1 aromatic carbocycles. The first kappa shape index (κ1) is 13.9. The molecule has 110 valence electrons. The fourth-order valence-electron chi connectivity index (χ4n) is 3.19. The second-order valence-electron chi connectivity index (χ2n) is 6.13. The lowest BCUT2D eigenvalue weighted by Crippen LogP contribution is -2.16. The highest BCUT2D eigenvalue weighted by Crippen LogP contribution is 2.37. The van der Waals surface area contributed by atoms with E-state index >= 15 is 0 Å². The molecule has 2 unspecified atom stereocenters. The van der Waals surface area contributed by atoms with E-state index in [1.54, 1.807) is 0 Å². The standard InChI is InChI=1S/C17H20N2O2/c1-10-4-3-5-12(8-10)14-16(20)18-15(19-17(14)21)13-7-6-11(2)9-13/h3-5,8,11,13H,6-7,9H2,1-2H3,(H2,18,19,20,21). The van der Waals surface area contributed by atoms with E-state index in [0.717, 1.165) is 24.8 Å². The molecule has 2 aromatic rings. The van der Waals surface area contributed by atoms with Crippen molar-refractivity contribution in [1.29, 1.82) is 0 Å². The molecule has 0 saturated heterocycles. The van der Waals surface area contributed by atoms with Crippen LogP contribution in [0.25, 0.3) is 11.1 Å². The summed E-state index contributed by atoms with van der Waals surface area (Å²) < 4.78 is 0. The molecule has 2 atom stereocenters. The Labute approximate surface area is 123 Å². The molecule has 0 radical (unpaired) electrons. The summed E-state index contributed by atoms with van der Waals surface area (Å²) in [5.41, 5.74) is 1.74. The Morgan fingerprint density at radius 1 is 1.33 bits per heavy atom. The van der Waals surface area contributed by atoms with Crippen LogP contribution in [-0.2, 0) is 0 Å². The van der Waals surface area contributed by atoms with Gasteiger partial charge in [-0.3, -0.25) is 4.79 Å². The van der Waals surface area contributed by atoms with Crippen LogP contribution in [0, 0.1) is 12.8 Å². The molecule has 2 N–H and O–H groups in total. The van der Waals surface area contributed by atoms with Crippen LogP contribution in [0.1, 0.15) is 43.5 Å². The SMILES string of the molecule is Cc1cccc(-c2c(O)nc(C3CCC(C)C3)[nH]c2=O)c1. The van der Waals surface area contributed by atoms with Crippen LogP contribution in [0.4, 0.5) is 0 Å². The highest BCUT2D eigenvalue weighted by molar-refractivity contribution is 5.67. The second kappa shape index (κ2) is 5.35. The first-order chi connectivity index (χ1) is 10.0. The molecule has 1 aromatic heterocycles. The van der Waals surface area contributed by atoms with Gasteiger partial charge in [0.2, 0.25) is 5.88 Å². The molecule has 0 amide bonds. The van der Waals surface area contributed by atoms with Crippen LogP contribution < -0.4 is 5.56 Å². The van der Waals surface area contributed by atoms with Crippen molar-refractivity contribution in [2.45, 2.75) is 39.0 Å². The van der Waals surface area contributed by atoms with Crippen LogP contribution in [0.15, 0.2) is 29.1 Å². The summed E-state index contributed by atoms with van der Waals surface area (Å²) in [6, 6.07) is 7.52. The zero-order valence-corrected chi connectivity index (χ0v) is 12.4. The molecule has 4 heteroatoms. The van der Waals surface area contributed by atoms with Crippen molar-refractivity contribution < 1.29 is 5.11 Å². The largest absolute Gasteiger partial charge is 0.493 e. The number of aromatic nitrogens is 2. The first-order valence-corrected chi connectivity index (χ1v) is 7.45. The van der Waals surface area contributed by atoms with Crippen molar-refractivity contribution in [1.82, 2.24) is 9.97 Å². The summed E-state index contributed by atoms with van der Waals surface area (Å²) in [7, 11) is 0. The van der Waals surface area contributed by atoms with Crippen LogP contribution in [-0.4, -0.2) is 15.1 Å². The number of hydrogen-bond acceptors (Lipinski definition) is 3. The van der Waals surface area contributed by atoms with E-state index in [0.29, 0.717) is 17.3 Å². The zero-order chi connectivity index (χ0) is 15.0. The van der Waals surface area contributed by atoms with E-state index in [1.807, 2.05) is 31.2 Å². The predicted octanol–water partition coefficient (Wildman–Crippen LogP) is 3.35. The predicted molar refractivity (Wildman–Crippen MR) is 82.5 cm³/mol. The Morgan fingerprint density at radius 3 is 2.76 bits per heavy atom. The van der Waals surface area contributed by atoms with E-state index in [4.69, 9.17) is 0 Å². The van der Waals surface area contributed by atoms with Gasteiger partial charge in [0.25, 0.3) is 5.56 Å². The fourth-order valence-corrected chi connectivity index (χ4v) is 3.19. The summed E-state index contributed by atoms with van der Waals surface area (Å²) >= 11 is 0. The number of H-pyrrole nitrogens is 1. The normalized spacial score (nSPS) is 21.6. The van der Waals surface area contributed by atoms with E-state index in [9.17, 15) is 9.90 Å². The third kappa shape index (κ3) is 2.71. The maximum Gasteiger partial charge on any atom is 0.262 e. The molecule has 0 bridgehead atoms. The first-order valence-electron chi connectivity index (χ1n) is 7.45. The smallest absolute Gasteiger partial charge is 0.262 e. The molecule has 4 nitrogen and oxygen atoms in total. The van der Waals surface area contributed by atoms with E-state index in [-0.39, 0.29) is 22.9 Å². The van der Waals surface area contributed by atoms with Gasteiger partial charge in [0, 0.05) is 5.92 Å². The summed E-state index contributed by atoms with van der Waals surface area (Å²) in [6.45, 7) is 4.16. The van der Waals surface area contributed by atoms with Gasteiger partial charge in [-0.2, -0.15) is 4.98 Å². The molecule has 0 aliphatic heterocycles. The number of aryl methyl sites for hydroxylation is 1. The third-order valence-corrected chi connectivity index (χ3v) is 4.31. The lowest BCUT2D eigenvalue weighted by Gasteiger charge is -2.11. The molecule has 0 spiro atoms. The third-order valence-electron chi connectivity index (χ3n) is 4.31. The van der Waals surface area contributed by atoms with Crippen molar-refractivity contribution in [2.75, 3.05) is 0 Å². The van der Waals surface area contributed by atoms with Crippen LogP contribution in [0.3, 0.4) is 0 Å². The molecule has 1 saturated carbocycles. The Hall–Kier alpha value is -2.10. The molecule has 3 rings (SSSR count). The fraction of sp³-hybridized carbons (Fsp3) is 0.412. The van der Waals surface area contributed by atoms with Crippen molar-refractivity contribution in [2.24, 2.45) is 5.92 Å². The van der Waals surface area contributed by atoms with Gasteiger partial charge in [-0.1, -0.05) is 36.8 Å². The lowest BCUT2D eigenvalue weighted by atomic mass is 10.0. The van der Waals surface area contributed by atoms with Gasteiger partial charge >= 0.3 is 0 Å². The highest BCUT2D eigenvalue weighted by Gasteiger charge is 2.26. The molecule has 1 heterocycles. The van der Waals surface area contributed by atoms with Crippen LogP contribution >= 0.6 is 0 Å². The van der Waals surface area contributed by atoms with Crippen LogP contribution in [0.2, 0.25) is 0 Å². The van der Waals surface area contributed by atoms with E-state index in [2.05, 4.69) is 16.9 Å². The summed E-state index contributed by atoms with van der Waals surface area (Å²) in [4.78, 5) is 19.5. The average Bonchev–Trinajstić information content (AvgIpc) is 2.85. The zero-order valence-electron chi connectivity index (χ0n) is 12.4. The molecule has 1 fully saturated rings. The molecule has 1 aliphatic rings. The van der Waals surface area contributed by atoms with Gasteiger partial charge in [-0.25, -0.2) is 0 Å².